The van der Waals surface area contributed by atoms with Crippen LogP contribution < -0.4 is 11.1 Å². The number of carbonyl (C=O) groups excluding carboxylic acids is 2. The standard InChI is InChI=1S/C15H15N3O4S/c1-21-15(20)10-4-6-11(7-5-10)17-13(19)9-22-18-14(16)12-3-2-8-23-12/h2-8H,9H2,1H3,(H2,16,18)(H,17,19). The number of benzene rings is 1. The molecule has 0 saturated heterocycles. The summed E-state index contributed by atoms with van der Waals surface area (Å²) < 4.78 is 4.59. The molecule has 8 heteroatoms. The lowest BCUT2D eigenvalue weighted by molar-refractivity contribution is -0.120. The minimum absolute atomic E-state index is 0.218. The number of hydrogen-bond donors (Lipinski definition) is 2. The van der Waals surface area contributed by atoms with E-state index in [1.165, 1.54) is 18.4 Å². The van der Waals surface area contributed by atoms with Gasteiger partial charge in [-0.25, -0.2) is 4.79 Å². The molecule has 2 rings (SSSR count). The molecule has 0 atom stereocenters. The summed E-state index contributed by atoms with van der Waals surface area (Å²) in [6.45, 7) is -0.273. The van der Waals surface area contributed by atoms with Crippen molar-refractivity contribution in [1.82, 2.24) is 0 Å². The lowest BCUT2D eigenvalue weighted by atomic mass is 10.2. The number of amidine groups is 1. The van der Waals surface area contributed by atoms with Crippen molar-refractivity contribution in [1.29, 1.82) is 0 Å². The summed E-state index contributed by atoms with van der Waals surface area (Å²) in [5.41, 5.74) is 6.62. The Balaban J connectivity index is 1.83. The minimum atomic E-state index is -0.440. The molecule has 1 aromatic carbocycles. The van der Waals surface area contributed by atoms with Crippen LogP contribution in [0.4, 0.5) is 5.69 Å². The number of hydrogen-bond acceptors (Lipinski definition) is 6. The first-order valence-electron chi connectivity index (χ1n) is 6.57. The van der Waals surface area contributed by atoms with Gasteiger partial charge in [-0.3, -0.25) is 4.79 Å². The highest BCUT2D eigenvalue weighted by molar-refractivity contribution is 7.12. The number of nitrogens with one attached hydrogen (secondary N) is 1. The summed E-state index contributed by atoms with van der Waals surface area (Å²) in [4.78, 5) is 28.7. The summed E-state index contributed by atoms with van der Waals surface area (Å²) in [5, 5.41) is 8.15. The van der Waals surface area contributed by atoms with Gasteiger partial charge in [0, 0.05) is 5.69 Å². The molecule has 23 heavy (non-hydrogen) atoms. The number of esters is 1. The van der Waals surface area contributed by atoms with Crippen molar-refractivity contribution >= 4 is 34.7 Å². The van der Waals surface area contributed by atoms with Gasteiger partial charge in [0.25, 0.3) is 5.91 Å². The monoisotopic (exact) mass is 333 g/mol. The fourth-order valence-corrected chi connectivity index (χ4v) is 2.25. The molecule has 0 aliphatic carbocycles. The Morgan fingerprint density at radius 2 is 2.00 bits per heavy atom. The van der Waals surface area contributed by atoms with E-state index < -0.39 is 11.9 Å². The zero-order chi connectivity index (χ0) is 16.7. The molecule has 7 nitrogen and oxygen atoms in total. The molecule has 3 N–H and O–H groups in total. The number of nitrogens with two attached hydrogens (primary N) is 1. The highest BCUT2D eigenvalue weighted by atomic mass is 32.1. The van der Waals surface area contributed by atoms with E-state index in [0.717, 1.165) is 4.88 Å². The zero-order valence-electron chi connectivity index (χ0n) is 12.3. The Morgan fingerprint density at radius 1 is 1.26 bits per heavy atom. The van der Waals surface area contributed by atoms with Crippen molar-refractivity contribution in [2.45, 2.75) is 0 Å². The van der Waals surface area contributed by atoms with Crippen molar-refractivity contribution in [2.24, 2.45) is 10.9 Å². The van der Waals surface area contributed by atoms with E-state index in [2.05, 4.69) is 15.2 Å². The van der Waals surface area contributed by atoms with Crippen LogP contribution in [0, 0.1) is 0 Å². The molecule has 0 bridgehead atoms. The van der Waals surface area contributed by atoms with Gasteiger partial charge in [0.2, 0.25) is 0 Å². The normalized spacial score (nSPS) is 10.9. The zero-order valence-corrected chi connectivity index (χ0v) is 13.1. The molecule has 0 unspecified atom stereocenters. The van der Waals surface area contributed by atoms with Crippen LogP contribution in [0.1, 0.15) is 15.2 Å². The van der Waals surface area contributed by atoms with Gasteiger partial charge >= 0.3 is 5.97 Å². The number of thiophene rings is 1. The quantitative estimate of drug-likeness (QED) is 0.363. The van der Waals surface area contributed by atoms with Crippen LogP contribution in [0.15, 0.2) is 46.9 Å². The highest BCUT2D eigenvalue weighted by Crippen LogP contribution is 2.10. The Bertz CT molecular complexity index is 696. The first-order chi connectivity index (χ1) is 11.1. The molecule has 0 radical (unpaired) electrons. The minimum Gasteiger partial charge on any atom is -0.465 e. The third-order valence-corrected chi connectivity index (χ3v) is 3.61. The summed E-state index contributed by atoms with van der Waals surface area (Å²) >= 11 is 1.42. The maximum absolute atomic E-state index is 11.7. The van der Waals surface area contributed by atoms with Crippen molar-refractivity contribution in [3.63, 3.8) is 0 Å². The van der Waals surface area contributed by atoms with Crippen LogP contribution in [0.2, 0.25) is 0 Å². The first-order valence-corrected chi connectivity index (χ1v) is 7.45. The average molecular weight is 333 g/mol. The largest absolute Gasteiger partial charge is 0.465 e. The topological polar surface area (TPSA) is 103 Å². The van der Waals surface area contributed by atoms with Gasteiger partial charge in [-0.2, -0.15) is 0 Å². The predicted molar refractivity (Wildman–Crippen MR) is 87.4 cm³/mol. The van der Waals surface area contributed by atoms with E-state index in [1.54, 1.807) is 30.3 Å². The van der Waals surface area contributed by atoms with Gasteiger partial charge in [0.1, 0.15) is 0 Å². The smallest absolute Gasteiger partial charge is 0.337 e. The van der Waals surface area contributed by atoms with Crippen LogP contribution >= 0.6 is 11.3 Å². The number of ether oxygens (including phenoxy) is 1. The highest BCUT2D eigenvalue weighted by Gasteiger charge is 2.07. The summed E-state index contributed by atoms with van der Waals surface area (Å²) in [7, 11) is 1.30. The van der Waals surface area contributed by atoms with E-state index in [9.17, 15) is 9.59 Å². The number of oxime groups is 1. The van der Waals surface area contributed by atoms with Crippen molar-refractivity contribution in [3.05, 3.63) is 52.2 Å². The number of amides is 1. The van der Waals surface area contributed by atoms with Crippen LogP contribution in [0.5, 0.6) is 0 Å². The molecule has 1 aromatic heterocycles. The Hall–Kier alpha value is -2.87. The number of rotatable bonds is 6. The molecule has 0 aliphatic heterocycles. The second kappa shape index (κ2) is 7.95. The Labute approximate surface area is 136 Å². The molecule has 1 heterocycles. The molecule has 1 amide bonds. The van der Waals surface area contributed by atoms with Crippen molar-refractivity contribution in [3.8, 4) is 0 Å². The van der Waals surface area contributed by atoms with E-state index in [4.69, 9.17) is 10.6 Å². The van der Waals surface area contributed by atoms with Gasteiger partial charge in [-0.15, -0.1) is 11.3 Å². The number of methoxy groups -OCH3 is 1. The van der Waals surface area contributed by atoms with Gasteiger partial charge < -0.3 is 20.6 Å². The lowest BCUT2D eigenvalue weighted by Gasteiger charge is -2.05. The van der Waals surface area contributed by atoms with Gasteiger partial charge in [0.05, 0.1) is 17.6 Å². The number of nitrogens with zero attached hydrogens (tertiary/aromatic N) is 1. The van der Waals surface area contributed by atoms with E-state index in [1.807, 2.05) is 11.4 Å². The van der Waals surface area contributed by atoms with Crippen LogP contribution in [0.3, 0.4) is 0 Å². The van der Waals surface area contributed by atoms with E-state index in [0.29, 0.717) is 11.3 Å². The van der Waals surface area contributed by atoms with E-state index >= 15 is 0 Å². The molecular weight excluding hydrogens is 318 g/mol. The maximum Gasteiger partial charge on any atom is 0.337 e. The third-order valence-electron chi connectivity index (χ3n) is 2.72. The lowest BCUT2D eigenvalue weighted by Crippen LogP contribution is -2.19. The fraction of sp³-hybridized carbons (Fsp3) is 0.133. The van der Waals surface area contributed by atoms with E-state index in [-0.39, 0.29) is 12.4 Å². The molecule has 2 aromatic rings. The molecule has 0 saturated carbocycles. The predicted octanol–water partition coefficient (Wildman–Crippen LogP) is 1.81. The molecule has 120 valence electrons. The molecule has 0 aliphatic rings. The van der Waals surface area contributed by atoms with Gasteiger partial charge in [-0.1, -0.05) is 11.2 Å². The Kier molecular flexibility index (Phi) is 5.70. The average Bonchev–Trinajstić information content (AvgIpc) is 3.09. The van der Waals surface area contributed by atoms with Crippen LogP contribution in [-0.4, -0.2) is 31.4 Å². The summed E-state index contributed by atoms with van der Waals surface area (Å²) in [6.07, 6.45) is 0. The maximum atomic E-state index is 11.7. The molecular formula is C15H15N3O4S. The Morgan fingerprint density at radius 3 is 2.61 bits per heavy atom. The number of carbonyl (C=O) groups is 2. The first kappa shape index (κ1) is 16.5. The van der Waals surface area contributed by atoms with Crippen LogP contribution in [0.25, 0.3) is 0 Å². The third kappa shape index (κ3) is 4.82. The summed E-state index contributed by atoms with van der Waals surface area (Å²) in [6, 6.07) is 9.92. The van der Waals surface area contributed by atoms with Gasteiger partial charge in [0.15, 0.2) is 12.4 Å². The molecule has 0 spiro atoms. The van der Waals surface area contributed by atoms with Crippen molar-refractivity contribution in [2.75, 3.05) is 19.0 Å². The van der Waals surface area contributed by atoms with Crippen LogP contribution in [-0.2, 0) is 14.4 Å². The van der Waals surface area contributed by atoms with Gasteiger partial charge in [-0.05, 0) is 35.7 Å². The van der Waals surface area contributed by atoms with Crippen molar-refractivity contribution < 1.29 is 19.2 Å². The fourth-order valence-electron chi connectivity index (χ4n) is 1.63. The second-order valence-electron chi connectivity index (χ2n) is 4.34. The SMILES string of the molecule is COC(=O)c1ccc(NC(=O)CO/N=C(/N)c2cccs2)cc1. The summed E-state index contributed by atoms with van der Waals surface area (Å²) in [5.74, 6) is -0.613. The molecule has 0 fully saturated rings. The second-order valence-corrected chi connectivity index (χ2v) is 5.29. The number of anilines is 1.